The van der Waals surface area contributed by atoms with E-state index in [-0.39, 0.29) is 5.91 Å². The lowest BCUT2D eigenvalue weighted by Crippen LogP contribution is -2.28. The third-order valence-corrected chi connectivity index (χ3v) is 2.27. The zero-order chi connectivity index (χ0) is 7.40. The quantitative estimate of drug-likeness (QED) is 0.569. The Morgan fingerprint density at radius 1 is 1.60 bits per heavy atom. The van der Waals surface area contributed by atoms with Gasteiger partial charge in [-0.05, 0) is 30.2 Å². The highest BCUT2D eigenvalue weighted by Gasteiger charge is 2.16. The summed E-state index contributed by atoms with van der Waals surface area (Å²) in [6.45, 7) is 4.44. The van der Waals surface area contributed by atoms with Crippen LogP contribution in [0.1, 0.15) is 19.3 Å². The van der Waals surface area contributed by atoms with Crippen molar-refractivity contribution in [2.45, 2.75) is 19.3 Å². The summed E-state index contributed by atoms with van der Waals surface area (Å²) in [5, 5.41) is 1.70. The molecule has 0 unspecified atom stereocenters. The van der Waals surface area contributed by atoms with Gasteiger partial charge in [0.2, 0.25) is 5.91 Å². The first-order valence-electron chi connectivity index (χ1n) is 3.42. The van der Waals surface area contributed by atoms with Crippen LogP contribution in [0.5, 0.6) is 0 Å². The van der Waals surface area contributed by atoms with Crippen LogP contribution in [0.4, 0.5) is 0 Å². The van der Waals surface area contributed by atoms with Crippen molar-refractivity contribution in [3.8, 4) is 0 Å². The van der Waals surface area contributed by atoms with Crippen molar-refractivity contribution in [3.05, 3.63) is 12.0 Å². The van der Waals surface area contributed by atoms with Crippen molar-refractivity contribution in [3.63, 3.8) is 0 Å². The molecule has 0 spiro atoms. The Morgan fingerprint density at radius 2 is 2.40 bits per heavy atom. The maximum Gasteiger partial charge on any atom is 0.232 e. The SMILES string of the molecule is C=CSN1CCCCC1=O. The number of rotatable bonds is 2. The van der Waals surface area contributed by atoms with Crippen molar-refractivity contribution >= 4 is 17.9 Å². The Morgan fingerprint density at radius 3 is 3.00 bits per heavy atom. The minimum absolute atomic E-state index is 0.246. The fraction of sp³-hybridized carbons (Fsp3) is 0.571. The molecule has 1 aliphatic heterocycles. The van der Waals surface area contributed by atoms with Gasteiger partial charge in [0.25, 0.3) is 0 Å². The molecule has 0 aromatic heterocycles. The third-order valence-electron chi connectivity index (χ3n) is 1.48. The van der Waals surface area contributed by atoms with Crippen LogP contribution in [-0.4, -0.2) is 16.8 Å². The van der Waals surface area contributed by atoms with Crippen molar-refractivity contribution < 1.29 is 4.79 Å². The van der Waals surface area contributed by atoms with Crippen molar-refractivity contribution in [1.29, 1.82) is 0 Å². The van der Waals surface area contributed by atoms with Crippen LogP contribution < -0.4 is 0 Å². The Hall–Kier alpha value is -0.440. The summed E-state index contributed by atoms with van der Waals surface area (Å²) >= 11 is 1.41. The number of carbonyl (C=O) groups is 1. The van der Waals surface area contributed by atoms with Gasteiger partial charge in [-0.2, -0.15) is 0 Å². The van der Waals surface area contributed by atoms with Gasteiger partial charge in [0.15, 0.2) is 0 Å². The summed E-state index contributed by atoms with van der Waals surface area (Å²) in [6.07, 6.45) is 2.89. The lowest BCUT2D eigenvalue weighted by atomic mass is 10.2. The molecule has 1 heterocycles. The summed E-state index contributed by atoms with van der Waals surface area (Å²) in [5.74, 6) is 0.246. The lowest BCUT2D eigenvalue weighted by Gasteiger charge is -2.23. The lowest BCUT2D eigenvalue weighted by molar-refractivity contribution is -0.127. The van der Waals surface area contributed by atoms with Crippen LogP contribution in [-0.2, 0) is 4.79 Å². The molecule has 10 heavy (non-hydrogen) atoms. The highest BCUT2D eigenvalue weighted by atomic mass is 32.2. The Labute approximate surface area is 65.4 Å². The van der Waals surface area contributed by atoms with E-state index < -0.39 is 0 Å². The molecule has 0 aromatic rings. The summed E-state index contributed by atoms with van der Waals surface area (Å²) in [5.41, 5.74) is 0. The first-order valence-corrected chi connectivity index (χ1v) is 4.26. The van der Waals surface area contributed by atoms with Crippen LogP contribution >= 0.6 is 11.9 Å². The summed E-state index contributed by atoms with van der Waals surface area (Å²) in [6, 6.07) is 0. The Bertz CT molecular complexity index is 147. The van der Waals surface area contributed by atoms with Crippen LogP contribution in [0.25, 0.3) is 0 Å². The normalized spacial score (nSPS) is 19.2. The van der Waals surface area contributed by atoms with E-state index in [1.54, 1.807) is 9.71 Å². The van der Waals surface area contributed by atoms with Gasteiger partial charge in [0.1, 0.15) is 0 Å². The fourth-order valence-electron chi connectivity index (χ4n) is 0.982. The second kappa shape index (κ2) is 3.66. The molecular weight excluding hydrogens is 146 g/mol. The van der Waals surface area contributed by atoms with Crippen molar-refractivity contribution in [1.82, 2.24) is 4.31 Å². The van der Waals surface area contributed by atoms with Gasteiger partial charge < -0.3 is 0 Å². The number of hydrogen-bond acceptors (Lipinski definition) is 2. The molecule has 56 valence electrons. The highest BCUT2D eigenvalue weighted by molar-refractivity contribution is 8.00. The molecule has 0 aromatic carbocycles. The zero-order valence-electron chi connectivity index (χ0n) is 5.88. The molecule has 1 fully saturated rings. The zero-order valence-corrected chi connectivity index (χ0v) is 6.69. The number of carbonyl (C=O) groups excluding carboxylic acids is 1. The maximum atomic E-state index is 11.0. The molecule has 0 N–H and O–H groups in total. The highest BCUT2D eigenvalue weighted by Crippen LogP contribution is 2.19. The molecular formula is C7H11NOS. The van der Waals surface area contributed by atoms with E-state index in [9.17, 15) is 4.79 Å². The first-order chi connectivity index (χ1) is 4.84. The second-order valence-corrected chi connectivity index (χ2v) is 3.21. The van der Waals surface area contributed by atoms with E-state index in [0.29, 0.717) is 6.42 Å². The van der Waals surface area contributed by atoms with E-state index in [2.05, 4.69) is 6.58 Å². The molecule has 0 aliphatic carbocycles. The van der Waals surface area contributed by atoms with E-state index in [0.717, 1.165) is 19.4 Å². The molecule has 2 nitrogen and oxygen atoms in total. The van der Waals surface area contributed by atoms with E-state index in [1.165, 1.54) is 11.9 Å². The van der Waals surface area contributed by atoms with Crippen LogP contribution in [0.2, 0.25) is 0 Å². The van der Waals surface area contributed by atoms with Gasteiger partial charge in [0.05, 0.1) is 0 Å². The van der Waals surface area contributed by atoms with E-state index in [4.69, 9.17) is 0 Å². The minimum atomic E-state index is 0.246. The number of amides is 1. The predicted molar refractivity (Wildman–Crippen MR) is 43.4 cm³/mol. The monoisotopic (exact) mass is 157 g/mol. The van der Waals surface area contributed by atoms with Crippen LogP contribution in [0.3, 0.4) is 0 Å². The molecule has 1 amide bonds. The summed E-state index contributed by atoms with van der Waals surface area (Å²) in [4.78, 5) is 11.0. The van der Waals surface area contributed by atoms with Gasteiger partial charge in [-0.25, -0.2) is 0 Å². The molecule has 0 atom stereocenters. The average molecular weight is 157 g/mol. The van der Waals surface area contributed by atoms with Gasteiger partial charge >= 0.3 is 0 Å². The molecule has 0 bridgehead atoms. The van der Waals surface area contributed by atoms with Gasteiger partial charge in [-0.1, -0.05) is 6.58 Å². The van der Waals surface area contributed by atoms with Crippen molar-refractivity contribution in [2.24, 2.45) is 0 Å². The van der Waals surface area contributed by atoms with Crippen molar-refractivity contribution in [2.75, 3.05) is 6.54 Å². The minimum Gasteiger partial charge on any atom is -0.283 e. The maximum absolute atomic E-state index is 11.0. The number of hydrogen-bond donors (Lipinski definition) is 0. The predicted octanol–water partition coefficient (Wildman–Crippen LogP) is 1.79. The van der Waals surface area contributed by atoms with Gasteiger partial charge in [0, 0.05) is 13.0 Å². The van der Waals surface area contributed by atoms with E-state index in [1.807, 2.05) is 0 Å². The van der Waals surface area contributed by atoms with Crippen LogP contribution in [0.15, 0.2) is 12.0 Å². The fourth-order valence-corrected chi connectivity index (χ4v) is 1.61. The molecule has 3 heteroatoms. The Kier molecular flexibility index (Phi) is 2.81. The molecule has 1 rings (SSSR count). The molecule has 1 saturated heterocycles. The number of nitrogens with zero attached hydrogens (tertiary/aromatic N) is 1. The smallest absolute Gasteiger partial charge is 0.232 e. The average Bonchev–Trinajstić information content (AvgIpc) is 1.94. The summed E-state index contributed by atoms with van der Waals surface area (Å²) < 4.78 is 1.77. The Balaban J connectivity index is 2.39. The number of piperidine rings is 1. The van der Waals surface area contributed by atoms with Crippen LogP contribution in [0, 0.1) is 0 Å². The molecule has 0 saturated carbocycles. The topological polar surface area (TPSA) is 20.3 Å². The van der Waals surface area contributed by atoms with E-state index >= 15 is 0 Å². The van der Waals surface area contributed by atoms with Gasteiger partial charge in [-0.15, -0.1) is 0 Å². The second-order valence-electron chi connectivity index (χ2n) is 2.23. The molecule has 1 aliphatic rings. The first kappa shape index (κ1) is 7.66. The largest absolute Gasteiger partial charge is 0.283 e. The third kappa shape index (κ3) is 1.77. The van der Waals surface area contributed by atoms with Gasteiger partial charge in [-0.3, -0.25) is 9.10 Å². The standard InChI is InChI=1S/C7H11NOS/c1-2-10-8-6-4-3-5-7(8)9/h2H,1,3-6H2. The molecule has 0 radical (unpaired) electrons. The summed E-state index contributed by atoms with van der Waals surface area (Å²) in [7, 11) is 0.